The van der Waals surface area contributed by atoms with Crippen LogP contribution in [0.3, 0.4) is 0 Å². The average molecular weight is 253 g/mol. The summed E-state index contributed by atoms with van der Waals surface area (Å²) in [6.45, 7) is 2.93. The van der Waals surface area contributed by atoms with E-state index < -0.39 is 0 Å². The number of pyridine rings is 1. The van der Waals surface area contributed by atoms with E-state index in [1.165, 1.54) is 6.42 Å². The van der Waals surface area contributed by atoms with E-state index in [9.17, 15) is 0 Å². The molecule has 0 radical (unpaired) electrons. The van der Waals surface area contributed by atoms with Crippen LogP contribution in [0.5, 0.6) is 0 Å². The number of hydrogen-bond acceptors (Lipinski definition) is 2. The molecule has 5 heteroatoms. The van der Waals surface area contributed by atoms with Crippen LogP contribution in [0.25, 0.3) is 0 Å². The van der Waals surface area contributed by atoms with Crippen LogP contribution in [0, 0.1) is 5.92 Å². The van der Waals surface area contributed by atoms with Gasteiger partial charge in [0.2, 0.25) is 0 Å². The number of guanidine groups is 1. The van der Waals surface area contributed by atoms with Gasteiger partial charge in [0.05, 0.1) is 0 Å². The van der Waals surface area contributed by atoms with Crippen LogP contribution < -0.4 is 10.6 Å². The van der Waals surface area contributed by atoms with Crippen molar-refractivity contribution in [3.8, 4) is 0 Å². The molecule has 4 nitrogen and oxygen atoms in total. The molecule has 1 aliphatic carbocycles. The van der Waals surface area contributed by atoms with Crippen molar-refractivity contribution in [1.82, 2.24) is 15.6 Å². The van der Waals surface area contributed by atoms with E-state index in [-0.39, 0.29) is 0 Å². The number of nitrogens with zero attached hydrogens (tertiary/aromatic N) is 2. The summed E-state index contributed by atoms with van der Waals surface area (Å²) in [6, 6.07) is 4.32. The van der Waals surface area contributed by atoms with Gasteiger partial charge in [0.15, 0.2) is 5.96 Å². The summed E-state index contributed by atoms with van der Waals surface area (Å²) in [5.41, 5.74) is 1.08. The summed E-state index contributed by atoms with van der Waals surface area (Å²) in [6.07, 6.45) is 2.99. The van der Waals surface area contributed by atoms with Gasteiger partial charge in [-0.05, 0) is 24.0 Å². The first-order valence-corrected chi connectivity index (χ1v) is 6.14. The number of halogens is 1. The van der Waals surface area contributed by atoms with Crippen molar-refractivity contribution < 1.29 is 0 Å². The smallest absolute Gasteiger partial charge is 0.191 e. The van der Waals surface area contributed by atoms with Gasteiger partial charge in [-0.15, -0.1) is 0 Å². The Balaban J connectivity index is 1.81. The second-order valence-corrected chi connectivity index (χ2v) is 4.77. The van der Waals surface area contributed by atoms with Gasteiger partial charge in [0, 0.05) is 25.8 Å². The standard InChI is InChI=1S/C12H17ClN4/c1-8-5-10(8)17-12(14-2)16-7-9-3-4-11(13)15-6-9/h3-4,6,8,10H,5,7H2,1-2H3,(H2,14,16,17). The fourth-order valence-corrected chi connectivity index (χ4v) is 1.70. The largest absolute Gasteiger partial charge is 0.353 e. The van der Waals surface area contributed by atoms with E-state index in [4.69, 9.17) is 11.6 Å². The van der Waals surface area contributed by atoms with Crippen LogP contribution in [0.4, 0.5) is 0 Å². The first kappa shape index (κ1) is 12.2. The highest BCUT2D eigenvalue weighted by Gasteiger charge is 2.33. The van der Waals surface area contributed by atoms with Crippen LogP contribution in [0.15, 0.2) is 23.3 Å². The zero-order chi connectivity index (χ0) is 12.3. The molecule has 0 bridgehead atoms. The molecule has 92 valence electrons. The maximum atomic E-state index is 5.73. The van der Waals surface area contributed by atoms with Crippen LogP contribution in [0.1, 0.15) is 18.9 Å². The lowest BCUT2D eigenvalue weighted by molar-refractivity contribution is 0.762. The molecule has 0 amide bonds. The van der Waals surface area contributed by atoms with Gasteiger partial charge in [-0.2, -0.15) is 0 Å². The Kier molecular flexibility index (Phi) is 3.84. The topological polar surface area (TPSA) is 49.3 Å². The molecule has 2 rings (SSSR count). The summed E-state index contributed by atoms with van der Waals surface area (Å²) in [4.78, 5) is 8.22. The van der Waals surface area contributed by atoms with Crippen LogP contribution in [-0.2, 0) is 6.54 Å². The predicted octanol–water partition coefficient (Wildman–Crippen LogP) is 1.81. The SMILES string of the molecule is CN=C(NCc1ccc(Cl)nc1)NC1CC1C. The van der Waals surface area contributed by atoms with Gasteiger partial charge < -0.3 is 10.6 Å². The predicted molar refractivity (Wildman–Crippen MR) is 70.2 cm³/mol. The van der Waals surface area contributed by atoms with Crippen molar-refractivity contribution in [3.05, 3.63) is 29.0 Å². The van der Waals surface area contributed by atoms with Gasteiger partial charge in [-0.1, -0.05) is 24.6 Å². The van der Waals surface area contributed by atoms with Crippen molar-refractivity contribution in [2.45, 2.75) is 25.9 Å². The van der Waals surface area contributed by atoms with Crippen molar-refractivity contribution in [2.75, 3.05) is 7.05 Å². The summed E-state index contributed by atoms with van der Waals surface area (Å²) in [5, 5.41) is 7.13. The van der Waals surface area contributed by atoms with Crippen molar-refractivity contribution in [2.24, 2.45) is 10.9 Å². The monoisotopic (exact) mass is 252 g/mol. The molecule has 1 aromatic rings. The molecule has 2 N–H and O–H groups in total. The number of rotatable bonds is 3. The molecular formula is C12H17ClN4. The maximum absolute atomic E-state index is 5.73. The molecule has 1 heterocycles. The van der Waals surface area contributed by atoms with Crippen molar-refractivity contribution >= 4 is 17.6 Å². The minimum atomic E-state index is 0.517. The normalized spacial score (nSPS) is 23.4. The molecule has 2 unspecified atom stereocenters. The van der Waals surface area contributed by atoms with E-state index in [1.807, 2.05) is 6.07 Å². The van der Waals surface area contributed by atoms with Gasteiger partial charge >= 0.3 is 0 Å². The van der Waals surface area contributed by atoms with Gasteiger partial charge in [0.25, 0.3) is 0 Å². The third-order valence-corrected chi connectivity index (χ3v) is 3.13. The van der Waals surface area contributed by atoms with Crippen LogP contribution >= 0.6 is 11.6 Å². The molecule has 1 aromatic heterocycles. The molecule has 1 aliphatic rings. The molecule has 2 atom stereocenters. The highest BCUT2D eigenvalue weighted by Crippen LogP contribution is 2.28. The average Bonchev–Trinajstić information content (AvgIpc) is 3.02. The molecule has 1 fully saturated rings. The Morgan fingerprint density at radius 1 is 1.59 bits per heavy atom. The fourth-order valence-electron chi connectivity index (χ4n) is 1.59. The quantitative estimate of drug-likeness (QED) is 0.490. The number of nitrogens with one attached hydrogen (secondary N) is 2. The third kappa shape index (κ3) is 3.60. The van der Waals surface area contributed by atoms with E-state index >= 15 is 0 Å². The summed E-state index contributed by atoms with van der Waals surface area (Å²) in [7, 11) is 1.78. The van der Waals surface area contributed by atoms with E-state index in [0.29, 0.717) is 17.7 Å². The second-order valence-electron chi connectivity index (χ2n) is 4.38. The Labute approximate surface area is 106 Å². The lowest BCUT2D eigenvalue weighted by Gasteiger charge is -2.11. The highest BCUT2D eigenvalue weighted by molar-refractivity contribution is 6.29. The summed E-state index contributed by atoms with van der Waals surface area (Å²) < 4.78 is 0. The molecule has 1 saturated carbocycles. The first-order chi connectivity index (χ1) is 8.19. The maximum Gasteiger partial charge on any atom is 0.191 e. The lowest BCUT2D eigenvalue weighted by Crippen LogP contribution is -2.38. The van der Waals surface area contributed by atoms with E-state index in [1.54, 1.807) is 19.3 Å². The first-order valence-electron chi connectivity index (χ1n) is 5.76. The zero-order valence-corrected chi connectivity index (χ0v) is 10.8. The molecular weight excluding hydrogens is 236 g/mol. The van der Waals surface area contributed by atoms with Gasteiger partial charge in [-0.25, -0.2) is 4.98 Å². The van der Waals surface area contributed by atoms with Gasteiger partial charge in [0.1, 0.15) is 5.15 Å². The van der Waals surface area contributed by atoms with Crippen LogP contribution in [-0.4, -0.2) is 24.0 Å². The number of aromatic nitrogens is 1. The Morgan fingerprint density at radius 3 is 2.88 bits per heavy atom. The molecule has 0 aromatic carbocycles. The van der Waals surface area contributed by atoms with Gasteiger partial charge in [-0.3, -0.25) is 4.99 Å². The highest BCUT2D eigenvalue weighted by atomic mass is 35.5. The minimum absolute atomic E-state index is 0.517. The number of aliphatic imine (C=N–C) groups is 1. The number of hydrogen-bond donors (Lipinski definition) is 2. The zero-order valence-electron chi connectivity index (χ0n) is 10.1. The molecule has 17 heavy (non-hydrogen) atoms. The molecule has 0 aliphatic heterocycles. The van der Waals surface area contributed by atoms with Crippen LogP contribution in [0.2, 0.25) is 5.15 Å². The summed E-state index contributed by atoms with van der Waals surface area (Å²) >= 11 is 5.73. The van der Waals surface area contributed by atoms with E-state index in [2.05, 4.69) is 27.5 Å². The Bertz CT molecular complexity index is 401. The van der Waals surface area contributed by atoms with Crippen molar-refractivity contribution in [1.29, 1.82) is 0 Å². The second kappa shape index (κ2) is 5.36. The molecule has 0 spiro atoms. The Morgan fingerprint density at radius 2 is 2.35 bits per heavy atom. The Hall–Kier alpha value is -1.29. The fraction of sp³-hybridized carbons (Fsp3) is 0.500. The van der Waals surface area contributed by atoms with Crippen molar-refractivity contribution in [3.63, 3.8) is 0 Å². The van der Waals surface area contributed by atoms with E-state index in [0.717, 1.165) is 17.4 Å². The summed E-state index contributed by atoms with van der Waals surface area (Å²) in [5.74, 6) is 1.60. The lowest BCUT2D eigenvalue weighted by atomic mass is 10.3. The molecule has 0 saturated heterocycles. The minimum Gasteiger partial charge on any atom is -0.353 e. The third-order valence-electron chi connectivity index (χ3n) is 2.90.